The molecule has 1 saturated heterocycles. The molecular formula is C20H26FN5O4. The summed E-state index contributed by atoms with van der Waals surface area (Å²) in [4.78, 5) is 41.2. The second kappa shape index (κ2) is 8.60. The zero-order chi connectivity index (χ0) is 21.9. The van der Waals surface area contributed by atoms with Gasteiger partial charge in [-0.25, -0.2) is 9.18 Å². The van der Waals surface area contributed by atoms with Crippen molar-refractivity contribution in [2.24, 2.45) is 0 Å². The number of amides is 4. The van der Waals surface area contributed by atoms with Gasteiger partial charge in [0.1, 0.15) is 5.82 Å². The lowest BCUT2D eigenvalue weighted by Crippen LogP contribution is -2.76. The van der Waals surface area contributed by atoms with Crippen LogP contribution < -0.4 is 16.0 Å². The summed E-state index contributed by atoms with van der Waals surface area (Å²) in [7, 11) is 1.41. The lowest BCUT2D eigenvalue weighted by atomic mass is 9.92. The van der Waals surface area contributed by atoms with E-state index >= 15 is 0 Å². The van der Waals surface area contributed by atoms with Crippen molar-refractivity contribution < 1.29 is 23.9 Å². The highest BCUT2D eigenvalue weighted by molar-refractivity contribution is 5.99. The Kier molecular flexibility index (Phi) is 6.14. The van der Waals surface area contributed by atoms with Crippen molar-refractivity contribution in [2.45, 2.75) is 38.0 Å². The number of likely N-dealkylation sites (tertiary alicyclic amines) is 1. The van der Waals surface area contributed by atoms with Gasteiger partial charge < -0.3 is 30.9 Å². The number of aliphatic hydroxyl groups excluding tert-OH is 1. The van der Waals surface area contributed by atoms with Crippen molar-refractivity contribution in [3.05, 3.63) is 47.6 Å². The van der Waals surface area contributed by atoms with Gasteiger partial charge in [-0.2, -0.15) is 0 Å². The van der Waals surface area contributed by atoms with Gasteiger partial charge in [0.05, 0.1) is 6.04 Å². The third kappa shape index (κ3) is 3.77. The van der Waals surface area contributed by atoms with Crippen LogP contribution in [-0.4, -0.2) is 64.6 Å². The second-order valence-electron chi connectivity index (χ2n) is 7.30. The van der Waals surface area contributed by atoms with E-state index in [4.69, 9.17) is 0 Å². The number of hydrogen-bond acceptors (Lipinski definition) is 5. The molecule has 30 heavy (non-hydrogen) atoms. The molecule has 4 N–H and O–H groups in total. The van der Waals surface area contributed by atoms with Gasteiger partial charge in [0.2, 0.25) is 5.66 Å². The zero-order valence-electron chi connectivity index (χ0n) is 16.9. The average molecular weight is 419 g/mol. The SMILES string of the molecule is CCNC(=O)N1CCCC1C1(C(=O)NCc2ccc(F)cc2)NC=C(O)C(=O)N1C. The Balaban J connectivity index is 1.92. The van der Waals surface area contributed by atoms with Crippen LogP contribution in [0.2, 0.25) is 0 Å². The normalized spacial score (nSPS) is 23.6. The standard InChI is InChI=1S/C20H26FN5O4/c1-3-22-19(30)26-10-4-5-16(26)20(24-12-15(27)17(28)25(20)2)18(29)23-11-13-6-8-14(21)9-7-13/h6-9,12,16,24,27H,3-5,10-11H2,1-2H3,(H,22,30)(H,23,29). The summed E-state index contributed by atoms with van der Waals surface area (Å²) in [5.74, 6) is -2.17. The fourth-order valence-electron chi connectivity index (χ4n) is 3.97. The summed E-state index contributed by atoms with van der Waals surface area (Å²) in [5, 5.41) is 18.2. The Hall–Kier alpha value is -3.30. The van der Waals surface area contributed by atoms with Crippen LogP contribution in [0, 0.1) is 5.82 Å². The summed E-state index contributed by atoms with van der Waals surface area (Å²) < 4.78 is 13.1. The quantitative estimate of drug-likeness (QED) is 0.564. The van der Waals surface area contributed by atoms with E-state index in [1.807, 2.05) is 0 Å². The number of halogens is 1. The average Bonchev–Trinajstić information content (AvgIpc) is 3.22. The molecule has 0 bridgehead atoms. The molecule has 10 heteroatoms. The molecule has 3 rings (SSSR count). The summed E-state index contributed by atoms with van der Waals surface area (Å²) in [6, 6.07) is 4.70. The van der Waals surface area contributed by atoms with Crippen molar-refractivity contribution in [3.8, 4) is 0 Å². The van der Waals surface area contributed by atoms with Crippen molar-refractivity contribution in [3.63, 3.8) is 0 Å². The summed E-state index contributed by atoms with van der Waals surface area (Å²) in [6.45, 7) is 2.76. The highest BCUT2D eigenvalue weighted by Gasteiger charge is 2.57. The molecule has 2 aliphatic heterocycles. The Morgan fingerprint density at radius 3 is 2.67 bits per heavy atom. The smallest absolute Gasteiger partial charge is 0.317 e. The maximum atomic E-state index is 13.4. The fourth-order valence-corrected chi connectivity index (χ4v) is 3.97. The number of nitrogens with zero attached hydrogens (tertiary/aromatic N) is 2. The number of urea groups is 1. The van der Waals surface area contributed by atoms with Crippen molar-refractivity contribution in [1.82, 2.24) is 25.8 Å². The minimum absolute atomic E-state index is 0.105. The van der Waals surface area contributed by atoms with Crippen LogP contribution in [-0.2, 0) is 16.1 Å². The van der Waals surface area contributed by atoms with Gasteiger partial charge in [0.25, 0.3) is 11.8 Å². The number of rotatable bonds is 5. The summed E-state index contributed by atoms with van der Waals surface area (Å²) in [6.07, 6.45) is 2.24. The Morgan fingerprint density at radius 2 is 2.00 bits per heavy atom. The van der Waals surface area contributed by atoms with E-state index in [-0.39, 0.29) is 18.4 Å². The van der Waals surface area contributed by atoms with Crippen LogP contribution in [0.5, 0.6) is 0 Å². The van der Waals surface area contributed by atoms with E-state index in [0.717, 1.165) is 11.1 Å². The second-order valence-corrected chi connectivity index (χ2v) is 7.30. The van der Waals surface area contributed by atoms with Crippen molar-refractivity contribution in [1.29, 1.82) is 0 Å². The minimum atomic E-state index is -1.61. The van der Waals surface area contributed by atoms with Gasteiger partial charge in [-0.15, -0.1) is 0 Å². The summed E-state index contributed by atoms with van der Waals surface area (Å²) in [5.41, 5.74) is -0.930. The van der Waals surface area contributed by atoms with E-state index < -0.39 is 29.3 Å². The van der Waals surface area contributed by atoms with E-state index in [0.29, 0.717) is 31.5 Å². The zero-order valence-corrected chi connectivity index (χ0v) is 16.9. The molecule has 1 fully saturated rings. The molecule has 4 amide bonds. The number of aliphatic hydroxyl groups is 1. The number of nitrogens with one attached hydrogen (secondary N) is 3. The number of benzene rings is 1. The molecule has 0 radical (unpaired) electrons. The molecule has 2 atom stereocenters. The molecule has 1 aromatic carbocycles. The van der Waals surface area contributed by atoms with E-state index in [9.17, 15) is 23.9 Å². The predicted octanol–water partition coefficient (Wildman–Crippen LogP) is 0.793. The molecule has 0 spiro atoms. The highest BCUT2D eigenvalue weighted by atomic mass is 19.1. The molecule has 0 aliphatic carbocycles. The molecule has 162 valence electrons. The first-order chi connectivity index (χ1) is 14.3. The lowest BCUT2D eigenvalue weighted by Gasteiger charge is -2.48. The van der Waals surface area contributed by atoms with Gasteiger partial charge >= 0.3 is 6.03 Å². The minimum Gasteiger partial charge on any atom is -0.502 e. The van der Waals surface area contributed by atoms with Crippen LogP contribution in [0.25, 0.3) is 0 Å². The van der Waals surface area contributed by atoms with Crippen LogP contribution in [0.15, 0.2) is 36.2 Å². The van der Waals surface area contributed by atoms with E-state index in [1.165, 1.54) is 24.1 Å². The Labute approximate surface area is 173 Å². The Bertz CT molecular complexity index is 859. The van der Waals surface area contributed by atoms with Gasteiger partial charge in [0, 0.05) is 32.9 Å². The topological polar surface area (TPSA) is 114 Å². The van der Waals surface area contributed by atoms with Crippen LogP contribution in [0.3, 0.4) is 0 Å². The maximum Gasteiger partial charge on any atom is 0.317 e. The van der Waals surface area contributed by atoms with Crippen LogP contribution in [0.1, 0.15) is 25.3 Å². The first kappa shape index (κ1) is 21.4. The monoisotopic (exact) mass is 419 g/mol. The predicted molar refractivity (Wildman–Crippen MR) is 106 cm³/mol. The highest BCUT2D eigenvalue weighted by Crippen LogP contribution is 2.32. The van der Waals surface area contributed by atoms with Gasteiger partial charge in [-0.1, -0.05) is 12.1 Å². The van der Waals surface area contributed by atoms with Crippen molar-refractivity contribution >= 4 is 17.8 Å². The van der Waals surface area contributed by atoms with Gasteiger partial charge in [0.15, 0.2) is 5.76 Å². The molecule has 1 aromatic rings. The molecule has 9 nitrogen and oxygen atoms in total. The molecule has 2 aliphatic rings. The molecule has 2 heterocycles. The Morgan fingerprint density at radius 1 is 1.30 bits per heavy atom. The molecule has 2 unspecified atom stereocenters. The van der Waals surface area contributed by atoms with E-state index in [1.54, 1.807) is 19.1 Å². The van der Waals surface area contributed by atoms with Crippen molar-refractivity contribution in [2.75, 3.05) is 20.1 Å². The molecular weight excluding hydrogens is 393 g/mol. The summed E-state index contributed by atoms with van der Waals surface area (Å²) >= 11 is 0. The largest absolute Gasteiger partial charge is 0.502 e. The third-order valence-electron chi connectivity index (χ3n) is 5.52. The molecule has 0 saturated carbocycles. The lowest BCUT2D eigenvalue weighted by molar-refractivity contribution is -0.153. The third-order valence-corrected chi connectivity index (χ3v) is 5.52. The fraction of sp³-hybridized carbons (Fsp3) is 0.450. The van der Waals surface area contributed by atoms with E-state index in [2.05, 4.69) is 16.0 Å². The van der Waals surface area contributed by atoms with Crippen LogP contribution in [0.4, 0.5) is 9.18 Å². The first-order valence-corrected chi connectivity index (χ1v) is 9.83. The van der Waals surface area contributed by atoms with Crippen LogP contribution >= 0.6 is 0 Å². The number of carbonyl (C=O) groups excluding carboxylic acids is 3. The molecule has 0 aromatic heterocycles. The number of carbonyl (C=O) groups is 3. The van der Waals surface area contributed by atoms with Gasteiger partial charge in [-0.3, -0.25) is 9.59 Å². The van der Waals surface area contributed by atoms with Gasteiger partial charge in [-0.05, 0) is 37.5 Å². The first-order valence-electron chi connectivity index (χ1n) is 9.83. The maximum absolute atomic E-state index is 13.4. The number of hydrogen-bond donors (Lipinski definition) is 4. The number of likely N-dealkylation sites (N-methyl/N-ethyl adjacent to an activating group) is 1.